The number of aryl methyl sites for hydroxylation is 2. The fourth-order valence-corrected chi connectivity index (χ4v) is 1.87. The highest BCUT2D eigenvalue weighted by molar-refractivity contribution is 5.55. The quantitative estimate of drug-likeness (QED) is 0.866. The number of anilines is 1. The van der Waals surface area contributed by atoms with Gasteiger partial charge in [-0.15, -0.1) is 0 Å². The molecule has 102 valence electrons. The number of nitrogens with one attached hydrogen (secondary N) is 1. The average molecular weight is 259 g/mol. The Labute approximate surface area is 114 Å². The molecule has 2 rings (SSSR count). The van der Waals surface area contributed by atoms with Gasteiger partial charge in [-0.25, -0.2) is 9.97 Å². The van der Waals surface area contributed by atoms with Crippen LogP contribution in [0.15, 0.2) is 18.5 Å². The minimum atomic E-state index is 0.737. The molecule has 0 fully saturated rings. The van der Waals surface area contributed by atoms with Crippen molar-refractivity contribution in [2.75, 3.05) is 11.9 Å². The van der Waals surface area contributed by atoms with Crippen molar-refractivity contribution in [2.45, 2.75) is 40.2 Å². The standard InChI is InChI=1S/C14H21N5/c1-4-6-15-13-8-11(3)17-14(18-13)12-9-16-19(10-12)7-5-2/h8-10H,4-7H2,1-3H3,(H,15,17,18). The molecule has 0 aliphatic carbocycles. The molecule has 0 atom stereocenters. The summed E-state index contributed by atoms with van der Waals surface area (Å²) in [7, 11) is 0. The zero-order chi connectivity index (χ0) is 13.7. The molecule has 1 N–H and O–H groups in total. The Hall–Kier alpha value is -1.91. The van der Waals surface area contributed by atoms with Crippen LogP contribution in [0.4, 0.5) is 5.82 Å². The van der Waals surface area contributed by atoms with Crippen LogP contribution in [0.5, 0.6) is 0 Å². The summed E-state index contributed by atoms with van der Waals surface area (Å²) in [6.07, 6.45) is 5.97. The van der Waals surface area contributed by atoms with Gasteiger partial charge in [0.2, 0.25) is 0 Å². The largest absolute Gasteiger partial charge is 0.370 e. The van der Waals surface area contributed by atoms with Crippen molar-refractivity contribution in [3.8, 4) is 11.4 Å². The van der Waals surface area contributed by atoms with Gasteiger partial charge >= 0.3 is 0 Å². The number of nitrogens with zero attached hydrogens (tertiary/aromatic N) is 4. The van der Waals surface area contributed by atoms with Crippen LogP contribution in [0, 0.1) is 6.92 Å². The second-order valence-corrected chi connectivity index (χ2v) is 4.64. The zero-order valence-electron chi connectivity index (χ0n) is 11.8. The smallest absolute Gasteiger partial charge is 0.164 e. The normalized spacial score (nSPS) is 10.7. The van der Waals surface area contributed by atoms with Crippen molar-refractivity contribution >= 4 is 5.82 Å². The molecule has 0 spiro atoms. The Bertz CT molecular complexity index is 532. The second-order valence-electron chi connectivity index (χ2n) is 4.64. The van der Waals surface area contributed by atoms with Crippen molar-refractivity contribution in [3.05, 3.63) is 24.2 Å². The Morgan fingerprint density at radius 1 is 1.21 bits per heavy atom. The lowest BCUT2D eigenvalue weighted by atomic mass is 10.3. The molecule has 0 aliphatic heterocycles. The van der Waals surface area contributed by atoms with Crippen molar-refractivity contribution in [2.24, 2.45) is 0 Å². The SMILES string of the molecule is CCCNc1cc(C)nc(-c2cnn(CCC)c2)n1. The van der Waals surface area contributed by atoms with E-state index in [1.165, 1.54) is 0 Å². The molecule has 5 nitrogen and oxygen atoms in total. The first-order valence-corrected chi connectivity index (χ1v) is 6.85. The van der Waals surface area contributed by atoms with E-state index in [1.54, 1.807) is 0 Å². The molecular formula is C14H21N5. The summed E-state index contributed by atoms with van der Waals surface area (Å²) < 4.78 is 1.93. The van der Waals surface area contributed by atoms with E-state index in [-0.39, 0.29) is 0 Å². The summed E-state index contributed by atoms with van der Waals surface area (Å²) in [5.74, 6) is 1.62. The molecule has 0 aliphatic rings. The van der Waals surface area contributed by atoms with Gasteiger partial charge in [0.15, 0.2) is 5.82 Å². The molecule has 2 aromatic rings. The number of hydrogen-bond acceptors (Lipinski definition) is 4. The van der Waals surface area contributed by atoms with Crippen LogP contribution in [-0.4, -0.2) is 26.3 Å². The predicted molar refractivity (Wildman–Crippen MR) is 77.1 cm³/mol. The third-order valence-electron chi connectivity index (χ3n) is 2.75. The van der Waals surface area contributed by atoms with E-state index in [0.717, 1.165) is 48.8 Å². The molecule has 0 aromatic carbocycles. The van der Waals surface area contributed by atoms with Gasteiger partial charge in [0.05, 0.1) is 11.8 Å². The molecule has 2 aromatic heterocycles. The third-order valence-corrected chi connectivity index (χ3v) is 2.75. The first kappa shape index (κ1) is 13.5. The van der Waals surface area contributed by atoms with Crippen molar-refractivity contribution < 1.29 is 0 Å². The number of hydrogen-bond donors (Lipinski definition) is 1. The van der Waals surface area contributed by atoms with Crippen molar-refractivity contribution in [3.63, 3.8) is 0 Å². The maximum atomic E-state index is 4.54. The lowest BCUT2D eigenvalue weighted by Gasteiger charge is -2.06. The molecule has 19 heavy (non-hydrogen) atoms. The summed E-state index contributed by atoms with van der Waals surface area (Å²) in [6, 6.07) is 1.97. The second kappa shape index (κ2) is 6.31. The van der Waals surface area contributed by atoms with E-state index >= 15 is 0 Å². The third kappa shape index (κ3) is 3.53. The zero-order valence-corrected chi connectivity index (χ0v) is 11.8. The highest BCUT2D eigenvalue weighted by Gasteiger charge is 2.07. The van der Waals surface area contributed by atoms with E-state index < -0.39 is 0 Å². The Kier molecular flexibility index (Phi) is 4.49. The van der Waals surface area contributed by atoms with Gasteiger partial charge in [-0.05, 0) is 19.8 Å². The molecule has 5 heteroatoms. The van der Waals surface area contributed by atoms with E-state index in [9.17, 15) is 0 Å². The number of rotatable bonds is 6. The summed E-state index contributed by atoms with van der Waals surface area (Å²) in [5, 5.41) is 7.62. The molecule has 2 heterocycles. The lowest BCUT2D eigenvalue weighted by molar-refractivity contribution is 0.603. The summed E-state index contributed by atoms with van der Waals surface area (Å²) in [6.45, 7) is 8.10. The molecule has 0 saturated carbocycles. The molecule has 0 radical (unpaired) electrons. The maximum Gasteiger partial charge on any atom is 0.164 e. The van der Waals surface area contributed by atoms with Crippen LogP contribution >= 0.6 is 0 Å². The van der Waals surface area contributed by atoms with Gasteiger partial charge in [0.1, 0.15) is 5.82 Å². The lowest BCUT2D eigenvalue weighted by Crippen LogP contribution is -2.04. The summed E-state index contributed by atoms with van der Waals surface area (Å²) >= 11 is 0. The van der Waals surface area contributed by atoms with E-state index in [4.69, 9.17) is 0 Å². The van der Waals surface area contributed by atoms with Gasteiger partial charge in [-0.2, -0.15) is 5.10 Å². The minimum absolute atomic E-state index is 0.737. The fourth-order valence-electron chi connectivity index (χ4n) is 1.87. The van der Waals surface area contributed by atoms with E-state index in [1.807, 2.05) is 30.1 Å². The number of aromatic nitrogens is 4. The monoisotopic (exact) mass is 259 g/mol. The Morgan fingerprint density at radius 2 is 2.05 bits per heavy atom. The van der Waals surface area contributed by atoms with Crippen LogP contribution in [0.25, 0.3) is 11.4 Å². The highest BCUT2D eigenvalue weighted by atomic mass is 15.3. The van der Waals surface area contributed by atoms with Crippen LogP contribution in [0.2, 0.25) is 0 Å². The van der Waals surface area contributed by atoms with Gasteiger partial charge in [0, 0.05) is 31.0 Å². The summed E-state index contributed by atoms with van der Waals surface area (Å²) in [4.78, 5) is 9.02. The fraction of sp³-hybridized carbons (Fsp3) is 0.500. The molecule has 0 saturated heterocycles. The molecule has 0 amide bonds. The van der Waals surface area contributed by atoms with E-state index in [2.05, 4.69) is 34.2 Å². The van der Waals surface area contributed by atoms with Gasteiger partial charge in [0.25, 0.3) is 0 Å². The Balaban J connectivity index is 2.24. The van der Waals surface area contributed by atoms with Crippen molar-refractivity contribution in [1.29, 1.82) is 0 Å². The molecule has 0 unspecified atom stereocenters. The van der Waals surface area contributed by atoms with Gasteiger partial charge < -0.3 is 5.32 Å². The first-order valence-electron chi connectivity index (χ1n) is 6.85. The van der Waals surface area contributed by atoms with Crippen molar-refractivity contribution in [1.82, 2.24) is 19.7 Å². The molecule has 0 bridgehead atoms. The first-order chi connectivity index (χ1) is 9.22. The summed E-state index contributed by atoms with van der Waals surface area (Å²) in [5.41, 5.74) is 1.93. The topological polar surface area (TPSA) is 55.6 Å². The maximum absolute atomic E-state index is 4.54. The van der Waals surface area contributed by atoms with Crippen LogP contribution in [0.1, 0.15) is 32.4 Å². The van der Waals surface area contributed by atoms with Crippen LogP contribution in [0.3, 0.4) is 0 Å². The van der Waals surface area contributed by atoms with E-state index in [0.29, 0.717) is 0 Å². The predicted octanol–water partition coefficient (Wildman–Crippen LogP) is 2.88. The van der Waals surface area contributed by atoms with Crippen LogP contribution < -0.4 is 5.32 Å². The highest BCUT2D eigenvalue weighted by Crippen LogP contribution is 2.17. The molecular weight excluding hydrogens is 238 g/mol. The van der Waals surface area contributed by atoms with Gasteiger partial charge in [-0.3, -0.25) is 4.68 Å². The van der Waals surface area contributed by atoms with Gasteiger partial charge in [-0.1, -0.05) is 13.8 Å². The average Bonchev–Trinajstić information content (AvgIpc) is 2.85. The minimum Gasteiger partial charge on any atom is -0.370 e. The van der Waals surface area contributed by atoms with Crippen LogP contribution in [-0.2, 0) is 6.54 Å². The Morgan fingerprint density at radius 3 is 2.79 bits per heavy atom.